The Hall–Kier alpha value is -2.87. The van der Waals surface area contributed by atoms with Gasteiger partial charge in [0.2, 0.25) is 0 Å². The van der Waals surface area contributed by atoms with Crippen LogP contribution in [0.1, 0.15) is 36.1 Å². The maximum Gasteiger partial charge on any atom is 0.261 e. The van der Waals surface area contributed by atoms with E-state index in [0.717, 1.165) is 48.0 Å². The number of pyridine rings is 1. The third kappa shape index (κ3) is 4.37. The number of benzene rings is 1. The van der Waals surface area contributed by atoms with Gasteiger partial charge in [-0.3, -0.25) is 9.78 Å². The molecule has 1 amide bonds. The zero-order chi connectivity index (χ0) is 22.1. The minimum Gasteiger partial charge on any atom is -0.484 e. The molecule has 1 fully saturated rings. The second-order valence-corrected chi connectivity index (χ2v) is 10.8. The SMILES string of the molecule is O=C(COc1ccc2oc3c(c2c1)CCCC3)N(Cc1cccnc1)C1CCS(=O)(=O)C1. The normalized spacial score (nSPS) is 19.6. The molecule has 0 spiro atoms. The first-order valence-electron chi connectivity index (χ1n) is 11.0. The molecule has 0 radical (unpaired) electrons. The number of rotatable bonds is 6. The largest absolute Gasteiger partial charge is 0.484 e. The monoisotopic (exact) mass is 454 g/mol. The minimum atomic E-state index is -3.12. The number of sulfone groups is 1. The zero-order valence-corrected chi connectivity index (χ0v) is 18.6. The molecule has 0 saturated carbocycles. The number of hydrogen-bond acceptors (Lipinski definition) is 6. The molecule has 0 N–H and O–H groups in total. The molecule has 3 aromatic rings. The van der Waals surface area contributed by atoms with E-state index in [-0.39, 0.29) is 30.1 Å². The van der Waals surface area contributed by atoms with Crippen molar-refractivity contribution in [3.05, 3.63) is 59.6 Å². The van der Waals surface area contributed by atoms with Crippen molar-refractivity contribution in [3.63, 3.8) is 0 Å². The van der Waals surface area contributed by atoms with Crippen LogP contribution in [0.4, 0.5) is 0 Å². The number of aryl methyl sites for hydroxylation is 2. The Labute approximate surface area is 187 Å². The first kappa shape index (κ1) is 21.0. The topological polar surface area (TPSA) is 89.7 Å². The van der Waals surface area contributed by atoms with Gasteiger partial charge in [0, 0.05) is 42.4 Å². The summed E-state index contributed by atoms with van der Waals surface area (Å²) >= 11 is 0. The number of amides is 1. The van der Waals surface area contributed by atoms with E-state index in [4.69, 9.17) is 9.15 Å². The van der Waals surface area contributed by atoms with Gasteiger partial charge in [-0.15, -0.1) is 0 Å². The van der Waals surface area contributed by atoms with Gasteiger partial charge in [-0.25, -0.2) is 8.42 Å². The van der Waals surface area contributed by atoms with Gasteiger partial charge < -0.3 is 14.1 Å². The second kappa shape index (κ2) is 8.58. The van der Waals surface area contributed by atoms with Crippen LogP contribution in [0.15, 0.2) is 47.1 Å². The summed E-state index contributed by atoms with van der Waals surface area (Å²) in [4.78, 5) is 18.9. The molecule has 1 aromatic carbocycles. The van der Waals surface area contributed by atoms with Crippen LogP contribution in [-0.2, 0) is 34.0 Å². The van der Waals surface area contributed by atoms with Crippen molar-refractivity contribution >= 4 is 26.7 Å². The van der Waals surface area contributed by atoms with Gasteiger partial charge in [0.15, 0.2) is 16.4 Å². The number of aromatic nitrogens is 1. The van der Waals surface area contributed by atoms with Crippen molar-refractivity contribution in [3.8, 4) is 5.75 Å². The lowest BCUT2D eigenvalue weighted by atomic mass is 9.96. The average Bonchev–Trinajstić information content (AvgIpc) is 3.35. The summed E-state index contributed by atoms with van der Waals surface area (Å²) in [6.45, 7) is 0.160. The van der Waals surface area contributed by atoms with E-state index in [1.807, 2.05) is 24.3 Å². The molecule has 1 saturated heterocycles. The molecule has 7 nitrogen and oxygen atoms in total. The van der Waals surface area contributed by atoms with Crippen LogP contribution in [0.5, 0.6) is 5.75 Å². The predicted molar refractivity (Wildman–Crippen MR) is 120 cm³/mol. The van der Waals surface area contributed by atoms with Crippen LogP contribution in [0.2, 0.25) is 0 Å². The van der Waals surface area contributed by atoms with E-state index >= 15 is 0 Å². The number of ether oxygens (including phenoxy) is 1. The van der Waals surface area contributed by atoms with E-state index in [9.17, 15) is 13.2 Å². The molecule has 0 bridgehead atoms. The van der Waals surface area contributed by atoms with Crippen LogP contribution >= 0.6 is 0 Å². The lowest BCUT2D eigenvalue weighted by molar-refractivity contribution is -0.136. The van der Waals surface area contributed by atoms with Crippen molar-refractivity contribution in [2.24, 2.45) is 0 Å². The van der Waals surface area contributed by atoms with Crippen LogP contribution in [-0.4, -0.2) is 48.4 Å². The first-order chi connectivity index (χ1) is 15.5. The number of hydrogen-bond donors (Lipinski definition) is 0. The number of nitrogens with zero attached hydrogens (tertiary/aromatic N) is 2. The Morgan fingerprint density at radius 2 is 2.09 bits per heavy atom. The summed E-state index contributed by atoms with van der Waals surface area (Å²) in [5.41, 5.74) is 2.96. The summed E-state index contributed by atoms with van der Waals surface area (Å²) in [7, 11) is -3.12. The Kier molecular flexibility index (Phi) is 5.63. The van der Waals surface area contributed by atoms with Crippen LogP contribution in [0.25, 0.3) is 11.0 Å². The average molecular weight is 455 g/mol. The number of furan rings is 1. The van der Waals surface area contributed by atoms with Gasteiger partial charge in [-0.05, 0) is 55.5 Å². The third-order valence-electron chi connectivity index (χ3n) is 6.33. The summed E-state index contributed by atoms with van der Waals surface area (Å²) in [5, 5.41) is 1.05. The molecule has 3 heterocycles. The Morgan fingerprint density at radius 3 is 2.88 bits per heavy atom. The molecule has 2 aromatic heterocycles. The Balaban J connectivity index is 1.33. The molecule has 8 heteroatoms. The van der Waals surface area contributed by atoms with Crippen LogP contribution < -0.4 is 4.74 Å². The number of fused-ring (bicyclic) bond motifs is 3. The highest BCUT2D eigenvalue weighted by Gasteiger charge is 2.35. The molecular weight excluding hydrogens is 428 g/mol. The van der Waals surface area contributed by atoms with E-state index in [2.05, 4.69) is 4.98 Å². The fourth-order valence-corrected chi connectivity index (χ4v) is 6.42. The highest BCUT2D eigenvalue weighted by molar-refractivity contribution is 7.91. The number of carbonyl (C=O) groups excluding carboxylic acids is 1. The minimum absolute atomic E-state index is 0.00782. The lowest BCUT2D eigenvalue weighted by Gasteiger charge is -2.28. The Bertz CT molecular complexity index is 1240. The summed E-state index contributed by atoms with van der Waals surface area (Å²) in [5.74, 6) is 1.54. The van der Waals surface area contributed by atoms with Crippen molar-refractivity contribution in [1.29, 1.82) is 0 Å². The number of carbonyl (C=O) groups is 1. The van der Waals surface area contributed by atoms with Gasteiger partial charge in [-0.1, -0.05) is 6.07 Å². The lowest BCUT2D eigenvalue weighted by Crippen LogP contribution is -2.43. The molecule has 168 valence electrons. The molecule has 2 aliphatic rings. The van der Waals surface area contributed by atoms with E-state index in [1.54, 1.807) is 23.4 Å². The van der Waals surface area contributed by atoms with E-state index in [1.165, 1.54) is 5.56 Å². The molecule has 1 aliphatic heterocycles. The molecule has 1 atom stereocenters. The fourth-order valence-electron chi connectivity index (χ4n) is 4.69. The smallest absolute Gasteiger partial charge is 0.261 e. The van der Waals surface area contributed by atoms with Gasteiger partial charge >= 0.3 is 0 Å². The van der Waals surface area contributed by atoms with Crippen molar-refractivity contribution in [1.82, 2.24) is 9.88 Å². The molecular formula is C24H26N2O5S. The summed E-state index contributed by atoms with van der Waals surface area (Å²) in [6, 6.07) is 9.00. The molecule has 1 aliphatic carbocycles. The van der Waals surface area contributed by atoms with Gasteiger partial charge in [0.05, 0.1) is 11.5 Å². The summed E-state index contributed by atoms with van der Waals surface area (Å²) in [6.07, 6.45) is 8.07. The zero-order valence-electron chi connectivity index (χ0n) is 17.8. The van der Waals surface area contributed by atoms with Crippen LogP contribution in [0, 0.1) is 0 Å². The fraction of sp³-hybridized carbons (Fsp3) is 0.417. The maximum absolute atomic E-state index is 13.1. The highest BCUT2D eigenvalue weighted by atomic mass is 32.2. The van der Waals surface area contributed by atoms with E-state index < -0.39 is 9.84 Å². The predicted octanol–water partition coefficient (Wildman–Crippen LogP) is 3.30. The Morgan fingerprint density at radius 1 is 1.22 bits per heavy atom. The van der Waals surface area contributed by atoms with Crippen LogP contribution in [0.3, 0.4) is 0 Å². The standard InChI is InChI=1S/C24H26N2O5S/c27-24(26(14-17-4-3-10-25-13-17)18-9-11-32(28,29)16-18)15-30-19-7-8-23-21(12-19)20-5-1-2-6-22(20)31-23/h3-4,7-8,10,12-13,18H,1-2,5-6,9,11,14-16H2. The quantitative estimate of drug-likeness (QED) is 0.568. The van der Waals surface area contributed by atoms with Gasteiger partial charge in [0.25, 0.3) is 5.91 Å². The second-order valence-electron chi connectivity index (χ2n) is 8.60. The van der Waals surface area contributed by atoms with E-state index in [0.29, 0.717) is 18.7 Å². The van der Waals surface area contributed by atoms with Crippen molar-refractivity contribution in [2.75, 3.05) is 18.1 Å². The molecule has 32 heavy (non-hydrogen) atoms. The van der Waals surface area contributed by atoms with Crippen molar-refractivity contribution in [2.45, 2.75) is 44.7 Å². The summed E-state index contributed by atoms with van der Waals surface area (Å²) < 4.78 is 35.9. The van der Waals surface area contributed by atoms with Gasteiger partial charge in [-0.2, -0.15) is 0 Å². The van der Waals surface area contributed by atoms with Crippen molar-refractivity contribution < 1.29 is 22.4 Å². The first-order valence-corrected chi connectivity index (χ1v) is 12.9. The van der Waals surface area contributed by atoms with Gasteiger partial charge in [0.1, 0.15) is 17.1 Å². The maximum atomic E-state index is 13.1. The molecule has 1 unspecified atom stereocenters. The third-order valence-corrected chi connectivity index (χ3v) is 8.08. The molecule has 5 rings (SSSR count). The highest BCUT2D eigenvalue weighted by Crippen LogP contribution is 2.34.